The van der Waals surface area contributed by atoms with Crippen LogP contribution in [0.25, 0.3) is 0 Å². The Morgan fingerprint density at radius 2 is 1.79 bits per heavy atom. The summed E-state index contributed by atoms with van der Waals surface area (Å²) >= 11 is 0. The van der Waals surface area contributed by atoms with Crippen LogP contribution in [0.1, 0.15) is 55.4 Å². The molecular formula is C24H34N2O2. The maximum atomic E-state index is 12.1. The Balaban J connectivity index is 0.000000307. The number of hydrogen-bond acceptors (Lipinski definition) is 4. The van der Waals surface area contributed by atoms with Crippen molar-refractivity contribution < 1.29 is 9.53 Å². The summed E-state index contributed by atoms with van der Waals surface area (Å²) in [6.07, 6.45) is 3.95. The van der Waals surface area contributed by atoms with Crippen molar-refractivity contribution >= 4 is 17.9 Å². The van der Waals surface area contributed by atoms with Crippen LogP contribution < -0.4 is 5.32 Å². The SMILES string of the molecule is CCCC(CC)(C(=O)OC)c1ccc(C)cc1.CNc1cccc(C)c1C=N. The molecule has 0 aromatic heterocycles. The van der Waals surface area contributed by atoms with Crippen molar-refractivity contribution in [3.05, 3.63) is 64.7 Å². The molecule has 2 aromatic carbocycles. The first-order valence-corrected chi connectivity index (χ1v) is 9.83. The second-order valence-electron chi connectivity index (χ2n) is 6.97. The van der Waals surface area contributed by atoms with Crippen molar-refractivity contribution in [2.75, 3.05) is 19.5 Å². The summed E-state index contributed by atoms with van der Waals surface area (Å²) in [4.78, 5) is 12.1. The number of benzene rings is 2. The number of rotatable bonds is 7. The van der Waals surface area contributed by atoms with Crippen LogP contribution in [0.3, 0.4) is 0 Å². The van der Waals surface area contributed by atoms with Gasteiger partial charge in [-0.25, -0.2) is 0 Å². The molecule has 0 aliphatic heterocycles. The van der Waals surface area contributed by atoms with Crippen molar-refractivity contribution in [2.45, 2.75) is 52.4 Å². The van der Waals surface area contributed by atoms with Crippen molar-refractivity contribution in [1.82, 2.24) is 0 Å². The standard InChI is InChI=1S/C15H22O2.C9H12N2/c1-5-11-15(6-2,14(16)17-4)13-9-7-12(3)8-10-13;1-7-4-3-5-9(11-2)8(7)6-10/h7-10H,5-6,11H2,1-4H3;3-6,10-11H,1-2H3. The third-order valence-electron chi connectivity index (χ3n) is 5.20. The van der Waals surface area contributed by atoms with E-state index in [0.717, 1.165) is 41.6 Å². The molecule has 0 amide bonds. The second-order valence-corrected chi connectivity index (χ2v) is 6.97. The van der Waals surface area contributed by atoms with Gasteiger partial charge in [-0.15, -0.1) is 0 Å². The Labute approximate surface area is 169 Å². The Kier molecular flexibility index (Phi) is 9.43. The predicted molar refractivity (Wildman–Crippen MR) is 119 cm³/mol. The van der Waals surface area contributed by atoms with Gasteiger partial charge >= 0.3 is 5.97 Å². The van der Waals surface area contributed by atoms with Crippen molar-refractivity contribution in [2.24, 2.45) is 0 Å². The number of aryl methyl sites for hydroxylation is 2. The average Bonchev–Trinajstić information content (AvgIpc) is 2.72. The zero-order valence-electron chi connectivity index (χ0n) is 18.1. The molecule has 28 heavy (non-hydrogen) atoms. The highest BCUT2D eigenvalue weighted by atomic mass is 16.5. The van der Waals surface area contributed by atoms with Crippen LogP contribution >= 0.6 is 0 Å². The Hall–Kier alpha value is -2.62. The third kappa shape index (κ3) is 5.44. The monoisotopic (exact) mass is 382 g/mol. The lowest BCUT2D eigenvalue weighted by atomic mass is 9.74. The highest BCUT2D eigenvalue weighted by Crippen LogP contribution is 2.34. The van der Waals surface area contributed by atoms with Crippen molar-refractivity contribution in [3.63, 3.8) is 0 Å². The van der Waals surface area contributed by atoms with Gasteiger partial charge in [-0.05, 0) is 43.9 Å². The van der Waals surface area contributed by atoms with Crippen LogP contribution in [0.5, 0.6) is 0 Å². The summed E-state index contributed by atoms with van der Waals surface area (Å²) < 4.78 is 5.00. The largest absolute Gasteiger partial charge is 0.468 e. The molecule has 1 atom stereocenters. The molecule has 0 aliphatic rings. The molecular weight excluding hydrogens is 348 g/mol. The fraction of sp³-hybridized carbons (Fsp3) is 0.417. The van der Waals surface area contributed by atoms with E-state index in [1.54, 1.807) is 0 Å². The van der Waals surface area contributed by atoms with Gasteiger partial charge in [-0.1, -0.05) is 62.2 Å². The molecule has 0 bridgehead atoms. The van der Waals surface area contributed by atoms with E-state index in [1.165, 1.54) is 18.9 Å². The summed E-state index contributed by atoms with van der Waals surface area (Å²) in [5, 5.41) is 10.2. The first kappa shape index (κ1) is 23.4. The van der Waals surface area contributed by atoms with Gasteiger partial charge in [0.05, 0.1) is 12.5 Å². The van der Waals surface area contributed by atoms with Gasteiger partial charge < -0.3 is 15.5 Å². The lowest BCUT2D eigenvalue weighted by Gasteiger charge is -2.30. The molecule has 2 rings (SSSR count). The molecule has 2 aromatic rings. The van der Waals surface area contributed by atoms with Crippen LogP contribution in [0, 0.1) is 19.3 Å². The summed E-state index contributed by atoms with van der Waals surface area (Å²) in [5.41, 5.74) is 4.92. The zero-order valence-corrected chi connectivity index (χ0v) is 18.1. The van der Waals surface area contributed by atoms with E-state index < -0.39 is 5.41 Å². The molecule has 1 unspecified atom stereocenters. The van der Waals surface area contributed by atoms with Crippen LogP contribution in [0.15, 0.2) is 42.5 Å². The van der Waals surface area contributed by atoms with Crippen molar-refractivity contribution in [1.29, 1.82) is 5.41 Å². The Morgan fingerprint density at radius 3 is 2.21 bits per heavy atom. The third-order valence-corrected chi connectivity index (χ3v) is 5.20. The van der Waals surface area contributed by atoms with Gasteiger partial charge in [-0.3, -0.25) is 4.79 Å². The topological polar surface area (TPSA) is 62.2 Å². The van der Waals surface area contributed by atoms with E-state index in [4.69, 9.17) is 10.1 Å². The second kappa shape index (κ2) is 11.3. The molecule has 0 spiro atoms. The van der Waals surface area contributed by atoms with Crippen LogP contribution in [0.2, 0.25) is 0 Å². The Morgan fingerprint density at radius 1 is 1.14 bits per heavy atom. The maximum absolute atomic E-state index is 12.1. The number of methoxy groups -OCH3 is 1. The average molecular weight is 383 g/mol. The molecule has 0 saturated carbocycles. The zero-order chi connectivity index (χ0) is 21.2. The molecule has 4 nitrogen and oxygen atoms in total. The lowest BCUT2D eigenvalue weighted by Crippen LogP contribution is -2.36. The predicted octanol–water partition coefficient (Wildman–Crippen LogP) is 5.65. The number of esters is 1. The molecule has 0 fully saturated rings. The number of nitrogens with one attached hydrogen (secondary N) is 2. The first-order chi connectivity index (χ1) is 13.4. The highest BCUT2D eigenvalue weighted by molar-refractivity contribution is 5.87. The van der Waals surface area contributed by atoms with E-state index in [9.17, 15) is 4.79 Å². The molecule has 2 N–H and O–H groups in total. The maximum Gasteiger partial charge on any atom is 0.316 e. The Bertz CT molecular complexity index is 769. The number of anilines is 1. The van der Waals surface area contributed by atoms with Crippen molar-refractivity contribution in [3.8, 4) is 0 Å². The van der Waals surface area contributed by atoms with Gasteiger partial charge in [-0.2, -0.15) is 0 Å². The minimum Gasteiger partial charge on any atom is -0.468 e. The van der Waals surface area contributed by atoms with Gasteiger partial charge in [0.25, 0.3) is 0 Å². The molecule has 0 radical (unpaired) electrons. The van der Waals surface area contributed by atoms with Gasteiger partial charge in [0, 0.05) is 24.5 Å². The summed E-state index contributed by atoms with van der Waals surface area (Å²) in [6.45, 7) is 8.20. The fourth-order valence-electron chi connectivity index (χ4n) is 3.47. The number of carbonyl (C=O) groups excluding carboxylic acids is 1. The van der Waals surface area contributed by atoms with E-state index >= 15 is 0 Å². The van der Waals surface area contributed by atoms with Crippen LogP contribution in [-0.2, 0) is 14.9 Å². The summed E-state index contributed by atoms with van der Waals surface area (Å²) in [7, 11) is 3.33. The lowest BCUT2D eigenvalue weighted by molar-refractivity contribution is -0.148. The fourth-order valence-corrected chi connectivity index (χ4v) is 3.47. The quantitative estimate of drug-likeness (QED) is 0.480. The summed E-state index contributed by atoms with van der Waals surface area (Å²) in [6, 6.07) is 14.1. The molecule has 0 heterocycles. The van der Waals surface area contributed by atoms with Crippen LogP contribution in [0.4, 0.5) is 5.69 Å². The number of hydrogen-bond donors (Lipinski definition) is 2. The highest BCUT2D eigenvalue weighted by Gasteiger charge is 2.38. The number of carbonyl (C=O) groups is 1. The smallest absolute Gasteiger partial charge is 0.316 e. The van der Waals surface area contributed by atoms with E-state index in [0.29, 0.717) is 0 Å². The van der Waals surface area contributed by atoms with Gasteiger partial charge in [0.2, 0.25) is 0 Å². The first-order valence-electron chi connectivity index (χ1n) is 9.83. The molecule has 0 saturated heterocycles. The minimum atomic E-state index is -0.475. The molecule has 4 heteroatoms. The minimum absolute atomic E-state index is 0.120. The van der Waals surface area contributed by atoms with Crippen LogP contribution in [-0.4, -0.2) is 26.3 Å². The summed E-state index contributed by atoms with van der Waals surface area (Å²) in [5.74, 6) is -0.120. The molecule has 152 valence electrons. The van der Waals surface area contributed by atoms with Gasteiger partial charge in [0.15, 0.2) is 0 Å². The molecule has 0 aliphatic carbocycles. The van der Waals surface area contributed by atoms with E-state index in [1.807, 2.05) is 51.2 Å². The van der Waals surface area contributed by atoms with E-state index in [-0.39, 0.29) is 5.97 Å². The van der Waals surface area contributed by atoms with E-state index in [2.05, 4.69) is 31.3 Å². The van der Waals surface area contributed by atoms with Gasteiger partial charge in [0.1, 0.15) is 0 Å². The normalized spacial score (nSPS) is 12.2. The number of ether oxygens (including phenoxy) is 1.